The Morgan fingerprint density at radius 2 is 1.90 bits per heavy atom. The van der Waals surface area contributed by atoms with Crippen LogP contribution in [-0.2, 0) is 16.8 Å². The Labute approximate surface area is 128 Å². The zero-order valence-electron chi connectivity index (χ0n) is 14.1. The van der Waals surface area contributed by atoms with Gasteiger partial charge in [0.05, 0.1) is 0 Å². The molecule has 0 aromatic carbocycles. The first-order chi connectivity index (χ1) is 10.1. The van der Waals surface area contributed by atoms with Crippen molar-refractivity contribution in [2.45, 2.75) is 65.4 Å². The molecule has 1 aliphatic carbocycles. The van der Waals surface area contributed by atoms with Crippen molar-refractivity contribution in [1.82, 2.24) is 9.97 Å². The number of nitrogens with one attached hydrogen (secondary N) is 1. The zero-order chi connectivity index (χ0) is 15.5. The molecule has 0 amide bonds. The van der Waals surface area contributed by atoms with Crippen molar-refractivity contribution in [1.29, 1.82) is 0 Å². The van der Waals surface area contributed by atoms with E-state index in [0.29, 0.717) is 6.61 Å². The van der Waals surface area contributed by atoms with E-state index in [-0.39, 0.29) is 5.60 Å². The summed E-state index contributed by atoms with van der Waals surface area (Å²) < 4.78 is 6.19. The first kappa shape index (κ1) is 16.2. The molecule has 1 aromatic rings. The molecule has 1 fully saturated rings. The first-order valence-corrected chi connectivity index (χ1v) is 8.26. The van der Waals surface area contributed by atoms with Crippen LogP contribution in [0.4, 0.5) is 5.82 Å². The van der Waals surface area contributed by atoms with Crippen molar-refractivity contribution in [2.24, 2.45) is 5.92 Å². The molecule has 21 heavy (non-hydrogen) atoms. The van der Waals surface area contributed by atoms with Gasteiger partial charge in [0.2, 0.25) is 0 Å². The average Bonchev–Trinajstić information content (AvgIpc) is 2.50. The number of ether oxygens (including phenoxy) is 1. The lowest BCUT2D eigenvalue weighted by atomic mass is 9.78. The molecule has 0 spiro atoms. The van der Waals surface area contributed by atoms with Crippen LogP contribution < -0.4 is 5.32 Å². The number of rotatable bonds is 5. The molecule has 0 bridgehead atoms. The van der Waals surface area contributed by atoms with E-state index in [1.54, 1.807) is 0 Å². The van der Waals surface area contributed by atoms with Gasteiger partial charge < -0.3 is 10.1 Å². The van der Waals surface area contributed by atoms with Gasteiger partial charge in [0.1, 0.15) is 11.4 Å². The maximum atomic E-state index is 6.19. The maximum Gasteiger partial charge on any atom is 0.162 e. The van der Waals surface area contributed by atoms with Gasteiger partial charge in [0, 0.05) is 24.9 Å². The summed E-state index contributed by atoms with van der Waals surface area (Å²) in [6, 6.07) is 0. The summed E-state index contributed by atoms with van der Waals surface area (Å²) in [6.07, 6.45) is 5.35. The smallest absolute Gasteiger partial charge is 0.162 e. The topological polar surface area (TPSA) is 47.0 Å². The van der Waals surface area contributed by atoms with Gasteiger partial charge in [-0.05, 0) is 51.9 Å². The predicted octanol–water partition coefficient (Wildman–Crippen LogP) is 3.83. The highest BCUT2D eigenvalue weighted by Crippen LogP contribution is 2.41. The molecule has 1 saturated carbocycles. The third kappa shape index (κ3) is 3.20. The standard InChI is InChI=1S/C17H29N3O/c1-6-14-13(4)15(18-5)20-16(19-14)17(21-7-2)10-8-12(3)9-11-17/h12H,6-11H2,1-5H3,(H,18,19,20). The van der Waals surface area contributed by atoms with E-state index in [1.165, 1.54) is 12.8 Å². The molecule has 1 aliphatic rings. The van der Waals surface area contributed by atoms with Crippen molar-refractivity contribution < 1.29 is 4.74 Å². The fourth-order valence-electron chi connectivity index (χ4n) is 3.29. The van der Waals surface area contributed by atoms with Gasteiger partial charge in [-0.1, -0.05) is 13.8 Å². The SMILES string of the molecule is CCOC1(c2nc(CC)c(C)c(NC)n2)CCC(C)CC1. The largest absolute Gasteiger partial charge is 0.373 e. The van der Waals surface area contributed by atoms with Crippen molar-refractivity contribution >= 4 is 5.82 Å². The van der Waals surface area contributed by atoms with Crippen LogP contribution in [-0.4, -0.2) is 23.6 Å². The second-order valence-corrected chi connectivity index (χ2v) is 6.18. The van der Waals surface area contributed by atoms with E-state index >= 15 is 0 Å². The highest BCUT2D eigenvalue weighted by molar-refractivity contribution is 5.45. The zero-order valence-corrected chi connectivity index (χ0v) is 14.1. The second kappa shape index (κ2) is 6.73. The summed E-state index contributed by atoms with van der Waals surface area (Å²) in [4.78, 5) is 9.65. The molecular formula is C17H29N3O. The summed E-state index contributed by atoms with van der Waals surface area (Å²) in [6.45, 7) is 9.33. The fraction of sp³-hybridized carbons (Fsp3) is 0.765. The minimum Gasteiger partial charge on any atom is -0.373 e. The van der Waals surface area contributed by atoms with Crippen molar-refractivity contribution in [3.05, 3.63) is 17.1 Å². The lowest BCUT2D eigenvalue weighted by Crippen LogP contribution is -2.36. The van der Waals surface area contributed by atoms with E-state index < -0.39 is 0 Å². The number of hydrogen-bond donors (Lipinski definition) is 1. The monoisotopic (exact) mass is 291 g/mol. The predicted molar refractivity (Wildman–Crippen MR) is 86.6 cm³/mol. The average molecular weight is 291 g/mol. The number of anilines is 1. The summed E-state index contributed by atoms with van der Waals surface area (Å²) in [5.41, 5.74) is 1.99. The van der Waals surface area contributed by atoms with Crippen molar-refractivity contribution in [3.8, 4) is 0 Å². The van der Waals surface area contributed by atoms with E-state index in [4.69, 9.17) is 14.7 Å². The molecule has 1 heterocycles. The van der Waals surface area contributed by atoms with E-state index in [1.807, 2.05) is 7.05 Å². The highest BCUT2D eigenvalue weighted by atomic mass is 16.5. The molecule has 4 nitrogen and oxygen atoms in total. The van der Waals surface area contributed by atoms with Gasteiger partial charge in [-0.25, -0.2) is 9.97 Å². The van der Waals surface area contributed by atoms with Gasteiger partial charge >= 0.3 is 0 Å². The Kier molecular flexibility index (Phi) is 5.20. The molecule has 1 N–H and O–H groups in total. The molecular weight excluding hydrogens is 262 g/mol. The minimum absolute atomic E-state index is 0.287. The number of aromatic nitrogens is 2. The second-order valence-electron chi connectivity index (χ2n) is 6.18. The summed E-state index contributed by atoms with van der Waals surface area (Å²) >= 11 is 0. The van der Waals surface area contributed by atoms with Crippen LogP contribution in [0.3, 0.4) is 0 Å². The van der Waals surface area contributed by atoms with Gasteiger partial charge in [-0.15, -0.1) is 0 Å². The van der Waals surface area contributed by atoms with Crippen LogP contribution >= 0.6 is 0 Å². The van der Waals surface area contributed by atoms with Crippen LogP contribution in [0.2, 0.25) is 0 Å². The lowest BCUT2D eigenvalue weighted by Gasteiger charge is -2.38. The van der Waals surface area contributed by atoms with E-state index in [0.717, 1.165) is 48.1 Å². The Morgan fingerprint density at radius 3 is 2.43 bits per heavy atom. The third-order valence-electron chi connectivity index (χ3n) is 4.73. The molecule has 1 aromatic heterocycles. The van der Waals surface area contributed by atoms with E-state index in [9.17, 15) is 0 Å². The normalized spacial score (nSPS) is 25.9. The Morgan fingerprint density at radius 1 is 1.24 bits per heavy atom. The van der Waals surface area contributed by atoms with Crippen LogP contribution in [0, 0.1) is 12.8 Å². The number of aryl methyl sites for hydroxylation is 1. The third-order valence-corrected chi connectivity index (χ3v) is 4.73. The van der Waals surface area contributed by atoms with E-state index in [2.05, 4.69) is 33.0 Å². The first-order valence-electron chi connectivity index (χ1n) is 8.26. The molecule has 4 heteroatoms. The van der Waals surface area contributed by atoms with Crippen molar-refractivity contribution in [2.75, 3.05) is 19.0 Å². The molecule has 118 valence electrons. The van der Waals surface area contributed by atoms with Crippen LogP contribution in [0.15, 0.2) is 0 Å². The highest BCUT2D eigenvalue weighted by Gasteiger charge is 2.39. The lowest BCUT2D eigenvalue weighted by molar-refractivity contribution is -0.0837. The maximum absolute atomic E-state index is 6.19. The van der Waals surface area contributed by atoms with Crippen LogP contribution in [0.1, 0.15) is 63.5 Å². The molecule has 0 unspecified atom stereocenters. The van der Waals surface area contributed by atoms with Gasteiger partial charge in [0.15, 0.2) is 5.82 Å². The summed E-state index contributed by atoms with van der Waals surface area (Å²) in [5.74, 6) is 2.59. The van der Waals surface area contributed by atoms with Crippen LogP contribution in [0.25, 0.3) is 0 Å². The molecule has 0 radical (unpaired) electrons. The number of hydrogen-bond acceptors (Lipinski definition) is 4. The van der Waals surface area contributed by atoms with Crippen LogP contribution in [0.5, 0.6) is 0 Å². The molecule has 2 rings (SSSR count). The number of nitrogens with zero attached hydrogens (tertiary/aromatic N) is 2. The van der Waals surface area contributed by atoms with Gasteiger partial charge in [0.25, 0.3) is 0 Å². The quantitative estimate of drug-likeness (QED) is 0.895. The molecule has 0 saturated heterocycles. The summed E-state index contributed by atoms with van der Waals surface area (Å²) in [5, 5.41) is 3.21. The minimum atomic E-state index is -0.287. The Balaban J connectivity index is 2.45. The molecule has 0 aliphatic heterocycles. The summed E-state index contributed by atoms with van der Waals surface area (Å²) in [7, 11) is 1.93. The van der Waals surface area contributed by atoms with Crippen molar-refractivity contribution in [3.63, 3.8) is 0 Å². The molecule has 0 atom stereocenters. The Hall–Kier alpha value is -1.16. The van der Waals surface area contributed by atoms with Gasteiger partial charge in [-0.2, -0.15) is 0 Å². The van der Waals surface area contributed by atoms with Gasteiger partial charge in [-0.3, -0.25) is 0 Å². The fourth-order valence-corrected chi connectivity index (χ4v) is 3.29. The Bertz CT molecular complexity index is 454.